The summed E-state index contributed by atoms with van der Waals surface area (Å²) in [4.78, 5) is 8.65. The first-order valence-electron chi connectivity index (χ1n) is 6.51. The quantitative estimate of drug-likeness (QED) is 0.919. The molecule has 0 fully saturated rings. The van der Waals surface area contributed by atoms with Crippen molar-refractivity contribution in [3.63, 3.8) is 0 Å². The van der Waals surface area contributed by atoms with E-state index >= 15 is 0 Å². The van der Waals surface area contributed by atoms with Gasteiger partial charge in [-0.25, -0.2) is 4.98 Å². The lowest BCUT2D eigenvalue weighted by Crippen LogP contribution is -2.24. The third kappa shape index (κ3) is 3.08. The molecule has 0 aliphatic carbocycles. The van der Waals surface area contributed by atoms with Gasteiger partial charge in [0.1, 0.15) is 5.69 Å². The maximum absolute atomic E-state index is 6.03. The minimum Gasteiger partial charge on any atom is -0.480 e. The van der Waals surface area contributed by atoms with Crippen molar-refractivity contribution < 1.29 is 4.74 Å². The zero-order valence-electron chi connectivity index (χ0n) is 11.9. The number of hydrogen-bond acceptors (Lipinski definition) is 4. The second kappa shape index (κ2) is 6.68. The number of hydrogen-bond donors (Lipinski definition) is 1. The molecule has 0 saturated carbocycles. The molecule has 4 nitrogen and oxygen atoms in total. The molecule has 1 heterocycles. The number of halogens is 1. The molecule has 2 rings (SSSR count). The van der Waals surface area contributed by atoms with E-state index in [-0.39, 0.29) is 6.04 Å². The maximum atomic E-state index is 6.03. The Labute approximate surface area is 124 Å². The molecule has 0 spiro atoms. The molecule has 1 unspecified atom stereocenters. The van der Waals surface area contributed by atoms with Crippen molar-refractivity contribution in [3.05, 3.63) is 52.4 Å². The molecular weight excluding hydrogens is 274 g/mol. The highest BCUT2D eigenvalue weighted by atomic mass is 35.5. The van der Waals surface area contributed by atoms with E-state index < -0.39 is 0 Å². The van der Waals surface area contributed by atoms with Crippen LogP contribution in [-0.4, -0.2) is 23.6 Å². The lowest BCUT2D eigenvalue weighted by Gasteiger charge is -2.21. The Morgan fingerprint density at radius 3 is 2.70 bits per heavy atom. The third-order valence-corrected chi connectivity index (χ3v) is 3.34. The van der Waals surface area contributed by atoms with E-state index in [0.717, 1.165) is 28.4 Å². The van der Waals surface area contributed by atoms with Crippen LogP contribution < -0.4 is 10.1 Å². The Morgan fingerprint density at radius 1 is 1.30 bits per heavy atom. The third-order valence-electron chi connectivity index (χ3n) is 3.11. The van der Waals surface area contributed by atoms with Gasteiger partial charge in [0.15, 0.2) is 0 Å². The molecule has 1 N–H and O–H groups in total. The van der Waals surface area contributed by atoms with Crippen LogP contribution in [0.5, 0.6) is 5.88 Å². The van der Waals surface area contributed by atoms with Crippen molar-refractivity contribution >= 4 is 11.6 Å². The normalized spacial score (nSPS) is 12.2. The molecule has 2 aromatic rings. The minimum atomic E-state index is -0.0686. The Kier molecular flexibility index (Phi) is 4.93. The van der Waals surface area contributed by atoms with E-state index in [4.69, 9.17) is 16.3 Å². The van der Waals surface area contributed by atoms with Crippen LogP contribution in [0.25, 0.3) is 0 Å². The van der Waals surface area contributed by atoms with Crippen molar-refractivity contribution in [1.82, 2.24) is 15.3 Å². The molecule has 20 heavy (non-hydrogen) atoms. The highest BCUT2D eigenvalue weighted by Gasteiger charge is 2.21. The zero-order valence-corrected chi connectivity index (χ0v) is 12.6. The Hall–Kier alpha value is -1.65. The molecule has 0 radical (unpaired) electrons. The number of nitrogens with one attached hydrogen (secondary N) is 1. The van der Waals surface area contributed by atoms with E-state index in [1.807, 2.05) is 25.1 Å². The highest BCUT2D eigenvalue weighted by Crippen LogP contribution is 2.29. The average Bonchev–Trinajstić information content (AvgIpc) is 2.45. The minimum absolute atomic E-state index is 0.0686. The van der Waals surface area contributed by atoms with Gasteiger partial charge in [-0.05, 0) is 36.7 Å². The number of rotatable bonds is 5. The number of methoxy groups -OCH3 is 1. The van der Waals surface area contributed by atoms with Crippen LogP contribution in [0.4, 0.5) is 0 Å². The standard InChI is InChI=1S/C15H18ClN3O/c1-4-17-13(12-6-5-11(16)9-10(12)2)14-15(20-3)19-8-7-18-14/h5-9,13,17H,4H2,1-3H3. The van der Waals surface area contributed by atoms with Crippen molar-refractivity contribution in [2.45, 2.75) is 19.9 Å². The average molecular weight is 292 g/mol. The monoisotopic (exact) mass is 291 g/mol. The van der Waals surface area contributed by atoms with Gasteiger partial charge in [0.25, 0.3) is 0 Å². The fourth-order valence-corrected chi connectivity index (χ4v) is 2.44. The van der Waals surface area contributed by atoms with Crippen molar-refractivity contribution in [3.8, 4) is 5.88 Å². The van der Waals surface area contributed by atoms with E-state index in [9.17, 15) is 0 Å². The molecule has 1 atom stereocenters. The second-order valence-corrected chi connectivity index (χ2v) is 4.88. The fourth-order valence-electron chi connectivity index (χ4n) is 2.21. The summed E-state index contributed by atoms with van der Waals surface area (Å²) in [6, 6.07) is 5.78. The van der Waals surface area contributed by atoms with E-state index in [0.29, 0.717) is 5.88 Å². The maximum Gasteiger partial charge on any atom is 0.237 e. The number of nitrogens with zero attached hydrogens (tertiary/aromatic N) is 2. The molecule has 5 heteroatoms. The molecule has 1 aromatic carbocycles. The lowest BCUT2D eigenvalue weighted by molar-refractivity contribution is 0.383. The molecular formula is C15H18ClN3O. The van der Waals surface area contributed by atoms with Crippen LogP contribution in [0.2, 0.25) is 5.02 Å². The summed E-state index contributed by atoms with van der Waals surface area (Å²) < 4.78 is 5.32. The molecule has 1 aromatic heterocycles. The molecule has 106 valence electrons. The summed E-state index contributed by atoms with van der Waals surface area (Å²) in [6.45, 7) is 4.90. The van der Waals surface area contributed by atoms with Crippen molar-refractivity contribution in [1.29, 1.82) is 0 Å². The van der Waals surface area contributed by atoms with Gasteiger partial charge in [0.2, 0.25) is 5.88 Å². The number of aromatic nitrogens is 2. The molecule has 0 bridgehead atoms. The first-order chi connectivity index (χ1) is 9.67. The van der Waals surface area contributed by atoms with E-state index in [2.05, 4.69) is 22.2 Å². The van der Waals surface area contributed by atoms with Crippen LogP contribution in [0.1, 0.15) is 29.8 Å². The molecule has 0 saturated heterocycles. The van der Waals surface area contributed by atoms with Crippen LogP contribution in [-0.2, 0) is 0 Å². The van der Waals surface area contributed by atoms with Gasteiger partial charge in [0, 0.05) is 17.4 Å². The number of ether oxygens (including phenoxy) is 1. The van der Waals surface area contributed by atoms with E-state index in [1.165, 1.54) is 0 Å². The zero-order chi connectivity index (χ0) is 14.5. The Morgan fingerprint density at radius 2 is 2.05 bits per heavy atom. The largest absolute Gasteiger partial charge is 0.480 e. The first-order valence-corrected chi connectivity index (χ1v) is 6.89. The topological polar surface area (TPSA) is 47.0 Å². The molecule has 0 amide bonds. The van der Waals surface area contributed by atoms with Crippen LogP contribution in [0.3, 0.4) is 0 Å². The van der Waals surface area contributed by atoms with Gasteiger partial charge in [0.05, 0.1) is 13.2 Å². The summed E-state index contributed by atoms with van der Waals surface area (Å²) in [5.74, 6) is 0.535. The molecule has 0 aliphatic heterocycles. The summed E-state index contributed by atoms with van der Waals surface area (Å²) >= 11 is 6.03. The van der Waals surface area contributed by atoms with Gasteiger partial charge in [-0.3, -0.25) is 4.98 Å². The van der Waals surface area contributed by atoms with Crippen LogP contribution >= 0.6 is 11.6 Å². The lowest BCUT2D eigenvalue weighted by atomic mass is 9.98. The van der Waals surface area contributed by atoms with Gasteiger partial charge in [-0.1, -0.05) is 24.6 Å². The van der Waals surface area contributed by atoms with Crippen LogP contribution in [0.15, 0.2) is 30.6 Å². The smallest absolute Gasteiger partial charge is 0.237 e. The Bertz CT molecular complexity index is 589. The van der Waals surface area contributed by atoms with Gasteiger partial charge < -0.3 is 10.1 Å². The van der Waals surface area contributed by atoms with Gasteiger partial charge in [-0.2, -0.15) is 0 Å². The first kappa shape index (κ1) is 14.8. The SMILES string of the molecule is CCNC(c1ccc(Cl)cc1C)c1nccnc1OC. The van der Waals surface area contributed by atoms with E-state index in [1.54, 1.807) is 19.5 Å². The van der Waals surface area contributed by atoms with Gasteiger partial charge in [-0.15, -0.1) is 0 Å². The number of benzene rings is 1. The van der Waals surface area contributed by atoms with Gasteiger partial charge >= 0.3 is 0 Å². The molecule has 0 aliphatic rings. The summed E-state index contributed by atoms with van der Waals surface area (Å²) in [7, 11) is 1.60. The number of aryl methyl sites for hydroxylation is 1. The summed E-state index contributed by atoms with van der Waals surface area (Å²) in [5, 5.41) is 4.15. The Balaban J connectivity index is 2.50. The van der Waals surface area contributed by atoms with Crippen molar-refractivity contribution in [2.24, 2.45) is 0 Å². The predicted molar refractivity (Wildman–Crippen MR) is 80.3 cm³/mol. The van der Waals surface area contributed by atoms with Crippen molar-refractivity contribution in [2.75, 3.05) is 13.7 Å². The summed E-state index contributed by atoms with van der Waals surface area (Å²) in [6.07, 6.45) is 3.30. The van der Waals surface area contributed by atoms with Crippen LogP contribution in [0, 0.1) is 6.92 Å². The predicted octanol–water partition coefficient (Wildman–Crippen LogP) is 3.15. The highest BCUT2D eigenvalue weighted by molar-refractivity contribution is 6.30. The summed E-state index contributed by atoms with van der Waals surface area (Å²) in [5.41, 5.74) is 3.01. The second-order valence-electron chi connectivity index (χ2n) is 4.44. The fraction of sp³-hybridized carbons (Fsp3) is 0.333.